The molecule has 2 amide bonds. The van der Waals surface area contributed by atoms with Crippen molar-refractivity contribution < 1.29 is 14.0 Å². The summed E-state index contributed by atoms with van der Waals surface area (Å²) in [6, 6.07) is 12.5. The average Bonchev–Trinajstić information content (AvgIpc) is 3.28. The molecule has 3 N–H and O–H groups in total. The maximum atomic E-state index is 13.0. The van der Waals surface area contributed by atoms with E-state index in [1.807, 2.05) is 0 Å². The normalized spacial score (nSPS) is 10.9. The van der Waals surface area contributed by atoms with Crippen molar-refractivity contribution in [2.24, 2.45) is 0 Å². The van der Waals surface area contributed by atoms with Crippen LogP contribution in [0, 0.1) is 5.82 Å². The number of nitrogens with zero attached hydrogens (tertiary/aromatic N) is 1. The number of halogens is 3. The number of aromatic amines is 1. The fourth-order valence-electron chi connectivity index (χ4n) is 2.97. The number of thiophene rings is 1. The third-order valence-electron chi connectivity index (χ3n) is 4.41. The van der Waals surface area contributed by atoms with E-state index in [1.165, 1.54) is 23.5 Å². The van der Waals surface area contributed by atoms with Crippen LogP contribution < -0.4 is 10.6 Å². The lowest BCUT2D eigenvalue weighted by Gasteiger charge is -2.08. The Hall–Kier alpha value is -2.94. The summed E-state index contributed by atoms with van der Waals surface area (Å²) in [7, 11) is 0. The molecule has 0 fully saturated rings. The number of amides is 2. The number of nitrogens with one attached hydrogen (secondary N) is 3. The Balaban J connectivity index is 1.43. The molecule has 10 heteroatoms. The summed E-state index contributed by atoms with van der Waals surface area (Å²) >= 11 is 13.5. The number of rotatable bonds is 6. The maximum Gasteiger partial charge on any atom is 0.229 e. The van der Waals surface area contributed by atoms with E-state index in [2.05, 4.69) is 20.8 Å². The number of hydrogen-bond acceptors (Lipinski definition) is 4. The Labute approximate surface area is 190 Å². The van der Waals surface area contributed by atoms with Gasteiger partial charge in [0.1, 0.15) is 16.5 Å². The fourth-order valence-corrected chi connectivity index (χ4v) is 4.46. The van der Waals surface area contributed by atoms with Crippen molar-refractivity contribution in [1.82, 2.24) is 10.2 Å². The van der Waals surface area contributed by atoms with Crippen molar-refractivity contribution in [3.8, 4) is 0 Å². The summed E-state index contributed by atoms with van der Waals surface area (Å²) < 4.78 is 13.0. The van der Waals surface area contributed by atoms with Gasteiger partial charge < -0.3 is 10.6 Å². The molecule has 2 heterocycles. The van der Waals surface area contributed by atoms with Crippen LogP contribution in [0.4, 0.5) is 15.9 Å². The molecule has 0 bridgehead atoms. The lowest BCUT2D eigenvalue weighted by Crippen LogP contribution is -2.15. The van der Waals surface area contributed by atoms with Gasteiger partial charge in [-0.2, -0.15) is 5.10 Å². The van der Waals surface area contributed by atoms with Crippen molar-refractivity contribution in [3.63, 3.8) is 0 Å². The molecule has 0 radical (unpaired) electrons. The number of carbonyl (C=O) groups excluding carboxylic acids is 2. The SMILES string of the molecule is O=C(Cc1cc2c(NC(=O)Cc3ccc(F)cc3)[nH]nc2s1)Nc1c(Cl)cccc1Cl. The van der Waals surface area contributed by atoms with Gasteiger partial charge in [0.25, 0.3) is 0 Å². The molecular formula is C21H15Cl2FN4O2S. The number of benzene rings is 2. The standard InChI is InChI=1S/C21H15Cl2FN4O2S/c22-15-2-1-3-16(23)19(15)25-18(30)10-13-9-14-20(27-28-21(14)31-13)26-17(29)8-11-4-6-12(24)7-5-11/h1-7,9H,8,10H2,(H,25,30)(H2,26,27,28,29). The summed E-state index contributed by atoms with van der Waals surface area (Å²) in [6.45, 7) is 0. The largest absolute Gasteiger partial charge is 0.323 e. The van der Waals surface area contributed by atoms with Gasteiger partial charge >= 0.3 is 0 Å². The Kier molecular flexibility index (Phi) is 6.22. The van der Waals surface area contributed by atoms with Crippen LogP contribution in [0.5, 0.6) is 0 Å². The van der Waals surface area contributed by atoms with Gasteiger partial charge in [0.2, 0.25) is 11.8 Å². The molecule has 2 aromatic carbocycles. The summed E-state index contributed by atoms with van der Waals surface area (Å²) in [5, 5.41) is 13.9. The van der Waals surface area contributed by atoms with Crippen LogP contribution in [-0.2, 0) is 22.4 Å². The highest BCUT2D eigenvalue weighted by Crippen LogP contribution is 2.32. The summed E-state index contributed by atoms with van der Waals surface area (Å²) in [4.78, 5) is 26.2. The van der Waals surface area contributed by atoms with E-state index in [0.717, 1.165) is 4.88 Å². The van der Waals surface area contributed by atoms with Gasteiger partial charge in [-0.15, -0.1) is 11.3 Å². The van der Waals surface area contributed by atoms with Gasteiger partial charge in [-0.1, -0.05) is 41.4 Å². The van der Waals surface area contributed by atoms with Gasteiger partial charge in [0.05, 0.1) is 34.0 Å². The van der Waals surface area contributed by atoms with E-state index in [4.69, 9.17) is 23.2 Å². The van der Waals surface area contributed by atoms with Crippen LogP contribution in [0.2, 0.25) is 10.0 Å². The van der Waals surface area contributed by atoms with E-state index < -0.39 is 0 Å². The predicted molar refractivity (Wildman–Crippen MR) is 122 cm³/mol. The van der Waals surface area contributed by atoms with Gasteiger partial charge in [-0.05, 0) is 35.9 Å². The summed E-state index contributed by atoms with van der Waals surface area (Å²) in [6.07, 6.45) is 0.199. The lowest BCUT2D eigenvalue weighted by molar-refractivity contribution is -0.116. The first kappa shape index (κ1) is 21.3. The molecule has 31 heavy (non-hydrogen) atoms. The average molecular weight is 477 g/mol. The molecule has 0 unspecified atom stereocenters. The van der Waals surface area contributed by atoms with E-state index in [-0.39, 0.29) is 30.5 Å². The fraction of sp³-hybridized carbons (Fsp3) is 0.0952. The van der Waals surface area contributed by atoms with Gasteiger partial charge in [0, 0.05) is 4.88 Å². The molecule has 0 aliphatic heterocycles. The van der Waals surface area contributed by atoms with Crippen molar-refractivity contribution in [2.75, 3.05) is 10.6 Å². The van der Waals surface area contributed by atoms with Gasteiger partial charge in [0.15, 0.2) is 0 Å². The Bertz CT molecular complexity index is 1250. The zero-order valence-electron chi connectivity index (χ0n) is 15.8. The zero-order valence-corrected chi connectivity index (χ0v) is 18.2. The van der Waals surface area contributed by atoms with Crippen molar-refractivity contribution in [3.05, 3.63) is 74.8 Å². The molecule has 6 nitrogen and oxygen atoms in total. The van der Waals surface area contributed by atoms with Crippen molar-refractivity contribution in [1.29, 1.82) is 0 Å². The molecule has 0 aliphatic rings. The summed E-state index contributed by atoms with van der Waals surface area (Å²) in [5.74, 6) is -0.453. The number of carbonyl (C=O) groups is 2. The van der Waals surface area contributed by atoms with Gasteiger partial charge in [-0.25, -0.2) is 4.39 Å². The Morgan fingerprint density at radius 1 is 1.00 bits per heavy atom. The lowest BCUT2D eigenvalue weighted by atomic mass is 10.1. The van der Waals surface area contributed by atoms with Crippen LogP contribution in [0.3, 0.4) is 0 Å². The number of H-pyrrole nitrogens is 1. The highest BCUT2D eigenvalue weighted by molar-refractivity contribution is 7.18. The van der Waals surface area contributed by atoms with E-state index in [0.29, 0.717) is 37.3 Å². The molecule has 158 valence electrons. The zero-order chi connectivity index (χ0) is 22.0. The Morgan fingerprint density at radius 3 is 2.39 bits per heavy atom. The second-order valence-electron chi connectivity index (χ2n) is 6.70. The first-order valence-electron chi connectivity index (χ1n) is 9.14. The first-order valence-corrected chi connectivity index (χ1v) is 10.7. The molecule has 0 aliphatic carbocycles. The van der Waals surface area contributed by atoms with Crippen LogP contribution in [0.25, 0.3) is 10.2 Å². The van der Waals surface area contributed by atoms with E-state index in [1.54, 1.807) is 36.4 Å². The molecule has 0 spiro atoms. The number of fused-ring (bicyclic) bond motifs is 1. The summed E-state index contributed by atoms with van der Waals surface area (Å²) in [5.41, 5.74) is 1.06. The predicted octanol–water partition coefficient (Wildman–Crippen LogP) is 5.43. The Morgan fingerprint density at radius 2 is 1.68 bits per heavy atom. The molecular weight excluding hydrogens is 462 g/mol. The first-order chi connectivity index (χ1) is 14.9. The number of para-hydroxylation sites is 1. The topological polar surface area (TPSA) is 86.9 Å². The molecule has 0 atom stereocenters. The van der Waals surface area contributed by atoms with Crippen LogP contribution in [-0.4, -0.2) is 22.0 Å². The minimum absolute atomic E-state index is 0.0960. The smallest absolute Gasteiger partial charge is 0.229 e. The van der Waals surface area contributed by atoms with Crippen LogP contribution in [0.1, 0.15) is 10.4 Å². The minimum atomic E-state index is -0.355. The molecule has 2 aromatic heterocycles. The van der Waals surface area contributed by atoms with E-state index in [9.17, 15) is 14.0 Å². The minimum Gasteiger partial charge on any atom is -0.323 e. The van der Waals surface area contributed by atoms with E-state index >= 15 is 0 Å². The molecule has 4 aromatic rings. The van der Waals surface area contributed by atoms with Crippen molar-refractivity contribution in [2.45, 2.75) is 12.8 Å². The highest BCUT2D eigenvalue weighted by atomic mass is 35.5. The number of anilines is 2. The third-order valence-corrected chi connectivity index (χ3v) is 6.07. The number of hydrogen-bond donors (Lipinski definition) is 3. The maximum absolute atomic E-state index is 13.0. The van der Waals surface area contributed by atoms with Crippen LogP contribution in [0.15, 0.2) is 48.5 Å². The molecule has 4 rings (SSSR count). The molecule has 0 saturated heterocycles. The third kappa shape index (κ3) is 5.04. The van der Waals surface area contributed by atoms with Gasteiger partial charge in [-0.3, -0.25) is 14.7 Å². The van der Waals surface area contributed by atoms with Crippen LogP contribution >= 0.6 is 34.5 Å². The second-order valence-corrected chi connectivity index (χ2v) is 8.63. The van der Waals surface area contributed by atoms with Crippen molar-refractivity contribution >= 4 is 68.1 Å². The number of aromatic nitrogens is 2. The molecule has 0 saturated carbocycles. The quantitative estimate of drug-likeness (QED) is 0.346. The second kappa shape index (κ2) is 9.05. The monoisotopic (exact) mass is 476 g/mol. The highest BCUT2D eigenvalue weighted by Gasteiger charge is 2.16.